The third-order valence-electron chi connectivity index (χ3n) is 5.71. The Morgan fingerprint density at radius 2 is 1.47 bits per heavy atom. The molecule has 0 spiro atoms. The van der Waals surface area contributed by atoms with E-state index in [4.69, 9.17) is 44.6 Å². The van der Waals surface area contributed by atoms with Gasteiger partial charge in [-0.1, -0.05) is 77.3 Å². The van der Waals surface area contributed by atoms with Crippen LogP contribution in [-0.4, -0.2) is 50.8 Å². The molecule has 0 saturated carbocycles. The number of hydrogen-bond donors (Lipinski definition) is 3. The van der Waals surface area contributed by atoms with Crippen molar-refractivity contribution in [3.8, 4) is 5.75 Å². The Labute approximate surface area is 270 Å². The lowest BCUT2D eigenvalue weighted by Gasteiger charge is -2.16. The van der Waals surface area contributed by atoms with E-state index in [-0.39, 0.29) is 38.5 Å². The minimum atomic E-state index is -1.66. The summed E-state index contributed by atoms with van der Waals surface area (Å²) in [7, 11) is 0. The molecule has 1 unspecified atom stereocenters. The predicted octanol–water partition coefficient (Wildman–Crippen LogP) is 4.80. The number of hydrogen-bond acceptors (Lipinski definition) is 9. The van der Waals surface area contributed by atoms with Crippen LogP contribution in [0.2, 0.25) is 15.1 Å². The molecule has 2 amide bonds. The van der Waals surface area contributed by atoms with Gasteiger partial charge in [0.15, 0.2) is 5.75 Å². The molecule has 0 fully saturated rings. The number of amides is 2. The summed E-state index contributed by atoms with van der Waals surface area (Å²) in [5.41, 5.74) is 0.541. The summed E-state index contributed by atoms with van der Waals surface area (Å²) in [6.07, 6.45) is -0.0979. The third-order valence-corrected chi connectivity index (χ3v) is 6.72. The number of carbonyl (C=O) groups excluding carboxylic acids is 3. The highest BCUT2D eigenvalue weighted by atomic mass is 35.5. The summed E-state index contributed by atoms with van der Waals surface area (Å²) < 4.78 is 5.09. The summed E-state index contributed by atoms with van der Waals surface area (Å²) >= 11 is 17.6. The standard InChI is InChI=1S/C17H13Cl3N2O5.C11H12N2O5/c1-9(17(24)27-14-8-12(19)11(18)7-13(14)20)21-16(23)15(22(25)26)10-5-3-2-4-6-10;1-7(11(15)16)12-10(14)6-8-3-2-4-9(5-8)13(17)18/h2-9,15H,1H3,(H,21,23);2-5,7H,6H2,1H3,(H,12,14)(H,15,16)/t9-,15?;7-/m00/s1. The molecule has 0 bridgehead atoms. The number of non-ortho nitro benzene ring substituents is 1. The molecule has 3 N–H and O–H groups in total. The average Bonchev–Trinajstić information content (AvgIpc) is 2.96. The van der Waals surface area contributed by atoms with Crippen LogP contribution >= 0.6 is 34.8 Å². The van der Waals surface area contributed by atoms with Gasteiger partial charge in [0.05, 0.1) is 26.4 Å². The quantitative estimate of drug-likeness (QED) is 0.0826. The van der Waals surface area contributed by atoms with E-state index in [1.165, 1.54) is 56.3 Å². The van der Waals surface area contributed by atoms with Crippen molar-refractivity contribution in [2.24, 2.45) is 0 Å². The lowest BCUT2D eigenvalue weighted by Crippen LogP contribution is -2.44. The number of esters is 1. The van der Waals surface area contributed by atoms with Crippen molar-refractivity contribution in [1.82, 2.24) is 10.6 Å². The predicted molar refractivity (Wildman–Crippen MR) is 163 cm³/mol. The number of benzene rings is 3. The molecule has 3 aromatic carbocycles. The van der Waals surface area contributed by atoms with Gasteiger partial charge in [-0.15, -0.1) is 0 Å². The Morgan fingerprint density at radius 3 is 2.04 bits per heavy atom. The van der Waals surface area contributed by atoms with Gasteiger partial charge in [0, 0.05) is 28.7 Å². The van der Waals surface area contributed by atoms with E-state index in [0.717, 1.165) is 0 Å². The molecular formula is C28H25Cl3N4O10. The fourth-order valence-corrected chi connectivity index (χ4v) is 4.03. The highest BCUT2D eigenvalue weighted by Gasteiger charge is 2.34. The smallest absolute Gasteiger partial charge is 0.333 e. The molecule has 0 aliphatic heterocycles. The first-order valence-corrected chi connectivity index (χ1v) is 13.8. The van der Waals surface area contributed by atoms with Crippen LogP contribution < -0.4 is 15.4 Å². The molecule has 0 saturated heterocycles. The molecular weight excluding hydrogens is 659 g/mol. The van der Waals surface area contributed by atoms with E-state index in [1.807, 2.05) is 0 Å². The Morgan fingerprint density at radius 1 is 0.844 bits per heavy atom. The number of nitro benzene ring substituents is 1. The van der Waals surface area contributed by atoms with Crippen molar-refractivity contribution >= 4 is 64.2 Å². The zero-order chi connectivity index (χ0) is 33.8. The molecule has 0 radical (unpaired) electrons. The van der Waals surface area contributed by atoms with Gasteiger partial charge in [-0.05, 0) is 25.5 Å². The van der Waals surface area contributed by atoms with Crippen LogP contribution in [-0.2, 0) is 25.6 Å². The van der Waals surface area contributed by atoms with E-state index >= 15 is 0 Å². The van der Waals surface area contributed by atoms with Crippen molar-refractivity contribution in [2.75, 3.05) is 0 Å². The molecule has 14 nitrogen and oxygen atoms in total. The lowest BCUT2D eigenvalue weighted by atomic mass is 10.1. The second-order valence-corrected chi connectivity index (χ2v) is 10.4. The van der Waals surface area contributed by atoms with Crippen molar-refractivity contribution in [3.63, 3.8) is 0 Å². The monoisotopic (exact) mass is 682 g/mol. The first-order chi connectivity index (χ1) is 21.1. The van der Waals surface area contributed by atoms with Crippen molar-refractivity contribution in [3.05, 3.63) is 113 Å². The number of carboxylic acid groups (broad SMARTS) is 1. The molecule has 238 valence electrons. The first-order valence-electron chi connectivity index (χ1n) is 12.7. The Bertz CT molecular complexity index is 1590. The number of ether oxygens (including phenoxy) is 1. The maximum atomic E-state index is 12.3. The lowest BCUT2D eigenvalue weighted by molar-refractivity contribution is -0.513. The molecule has 3 rings (SSSR count). The highest BCUT2D eigenvalue weighted by Crippen LogP contribution is 2.34. The molecule has 0 aliphatic rings. The first kappa shape index (κ1) is 36.4. The van der Waals surface area contributed by atoms with Gasteiger partial charge in [0.1, 0.15) is 12.1 Å². The van der Waals surface area contributed by atoms with Crippen molar-refractivity contribution < 1.29 is 38.9 Å². The van der Waals surface area contributed by atoms with E-state index in [2.05, 4.69) is 10.6 Å². The van der Waals surface area contributed by atoms with Gasteiger partial charge in [-0.25, -0.2) is 4.79 Å². The molecule has 0 heterocycles. The minimum Gasteiger partial charge on any atom is -0.480 e. The van der Waals surface area contributed by atoms with Gasteiger partial charge in [0.25, 0.3) is 11.6 Å². The Balaban J connectivity index is 0.000000341. The van der Waals surface area contributed by atoms with Crippen LogP contribution in [0.5, 0.6) is 5.75 Å². The summed E-state index contributed by atoms with van der Waals surface area (Å²) in [6.45, 7) is 2.67. The second-order valence-electron chi connectivity index (χ2n) is 9.18. The molecule has 3 atom stereocenters. The molecule has 45 heavy (non-hydrogen) atoms. The summed E-state index contributed by atoms with van der Waals surface area (Å²) in [6, 6.07) is 12.1. The second kappa shape index (κ2) is 16.9. The number of carboxylic acids is 1. The summed E-state index contributed by atoms with van der Waals surface area (Å²) in [5, 5.41) is 35.3. The third kappa shape index (κ3) is 11.3. The van der Waals surface area contributed by atoms with Crippen LogP contribution in [0.15, 0.2) is 66.7 Å². The van der Waals surface area contributed by atoms with E-state index in [9.17, 15) is 39.4 Å². The van der Waals surface area contributed by atoms with Crippen molar-refractivity contribution in [1.29, 1.82) is 0 Å². The Kier molecular flexibility index (Phi) is 13.7. The van der Waals surface area contributed by atoms with E-state index < -0.39 is 51.7 Å². The van der Waals surface area contributed by atoms with Crippen LogP contribution in [0.1, 0.15) is 31.0 Å². The summed E-state index contributed by atoms with van der Waals surface area (Å²) in [4.78, 5) is 67.0. The van der Waals surface area contributed by atoms with Gasteiger partial charge in [-0.3, -0.25) is 34.6 Å². The number of nitrogens with zero attached hydrogens (tertiary/aromatic N) is 2. The van der Waals surface area contributed by atoms with Gasteiger partial charge in [0.2, 0.25) is 5.91 Å². The van der Waals surface area contributed by atoms with E-state index in [0.29, 0.717) is 5.56 Å². The summed E-state index contributed by atoms with van der Waals surface area (Å²) in [5.74, 6) is -3.51. The number of nitro groups is 2. The maximum Gasteiger partial charge on any atom is 0.333 e. The molecule has 3 aromatic rings. The zero-order valence-electron chi connectivity index (χ0n) is 23.4. The normalized spacial score (nSPS) is 12.3. The largest absolute Gasteiger partial charge is 0.480 e. The van der Waals surface area contributed by atoms with Crippen LogP contribution in [0.25, 0.3) is 0 Å². The van der Waals surface area contributed by atoms with Crippen LogP contribution in [0.3, 0.4) is 0 Å². The van der Waals surface area contributed by atoms with Gasteiger partial charge in [-0.2, -0.15) is 0 Å². The number of aliphatic carboxylic acids is 1. The van der Waals surface area contributed by atoms with Crippen LogP contribution in [0, 0.1) is 20.2 Å². The molecule has 0 aliphatic carbocycles. The topological polar surface area (TPSA) is 208 Å². The fourth-order valence-electron chi connectivity index (χ4n) is 3.45. The van der Waals surface area contributed by atoms with Crippen molar-refractivity contribution in [2.45, 2.75) is 38.4 Å². The molecule has 0 aromatic heterocycles. The number of halogens is 3. The average molecular weight is 684 g/mol. The fraction of sp³-hybridized carbons (Fsp3) is 0.214. The SMILES string of the molecule is C[C@H](NC(=O)C(c1ccccc1)[N+](=O)[O-])C(=O)Oc1cc(Cl)c(Cl)cc1Cl.C[C@H](NC(=O)Cc1cccc([N+](=O)[O-])c1)C(=O)O. The van der Waals surface area contributed by atoms with Gasteiger partial charge >= 0.3 is 18.0 Å². The number of nitrogens with one attached hydrogen (secondary N) is 2. The number of rotatable bonds is 11. The van der Waals surface area contributed by atoms with Gasteiger partial charge < -0.3 is 20.5 Å². The zero-order valence-corrected chi connectivity index (χ0v) is 25.7. The minimum absolute atomic E-state index is 0.0451. The molecule has 17 heteroatoms. The van der Waals surface area contributed by atoms with E-state index in [1.54, 1.807) is 24.3 Å². The van der Waals surface area contributed by atoms with Crippen LogP contribution in [0.4, 0.5) is 5.69 Å². The maximum absolute atomic E-state index is 12.3. The Hall–Kier alpha value is -4.79. The highest BCUT2D eigenvalue weighted by molar-refractivity contribution is 6.43. The number of carbonyl (C=O) groups is 4.